The maximum Gasteiger partial charge on any atom is 0.265 e. The molecule has 10 nitrogen and oxygen atoms in total. The summed E-state index contributed by atoms with van der Waals surface area (Å²) >= 11 is 0. The van der Waals surface area contributed by atoms with Gasteiger partial charge >= 0.3 is 0 Å². The molecule has 0 saturated carbocycles. The van der Waals surface area contributed by atoms with Gasteiger partial charge in [-0.1, -0.05) is 5.92 Å². The summed E-state index contributed by atoms with van der Waals surface area (Å²) in [5.41, 5.74) is 3.99. The molecule has 27 heavy (non-hydrogen) atoms. The van der Waals surface area contributed by atoms with Crippen LogP contribution in [0.2, 0.25) is 0 Å². The van der Waals surface area contributed by atoms with E-state index in [1.54, 1.807) is 31.7 Å². The van der Waals surface area contributed by atoms with Gasteiger partial charge in [0.15, 0.2) is 23.8 Å². The van der Waals surface area contributed by atoms with Crippen molar-refractivity contribution in [1.29, 1.82) is 0 Å². The van der Waals surface area contributed by atoms with E-state index in [2.05, 4.69) is 32.2 Å². The van der Waals surface area contributed by atoms with Crippen molar-refractivity contribution in [1.82, 2.24) is 24.9 Å². The molecule has 1 unspecified atom stereocenters. The monoisotopic (exact) mass is 372 g/mol. The van der Waals surface area contributed by atoms with E-state index in [4.69, 9.17) is 20.1 Å². The van der Waals surface area contributed by atoms with E-state index in [1.807, 2.05) is 6.92 Å². The fourth-order valence-corrected chi connectivity index (χ4v) is 3.51. The molecule has 2 aromatic heterocycles. The van der Waals surface area contributed by atoms with E-state index in [1.165, 1.54) is 0 Å². The number of hydrazine groups is 1. The number of aryl methyl sites for hydroxylation is 1. The van der Waals surface area contributed by atoms with Crippen molar-refractivity contribution in [2.45, 2.75) is 58.0 Å². The Bertz CT molecular complexity index is 975. The molecule has 4 heterocycles. The Kier molecular flexibility index (Phi) is 4.12. The van der Waals surface area contributed by atoms with Gasteiger partial charge in [-0.3, -0.25) is 14.8 Å². The van der Waals surface area contributed by atoms with E-state index >= 15 is 0 Å². The molecule has 2 aliphatic rings. The Morgan fingerprint density at radius 2 is 2.07 bits per heavy atom. The number of rotatable bonds is 2. The molecule has 1 amide bonds. The predicted molar refractivity (Wildman–Crippen MR) is 92.7 cm³/mol. The maximum absolute atomic E-state index is 12.2. The van der Waals surface area contributed by atoms with Crippen molar-refractivity contribution in [3.05, 3.63) is 17.8 Å². The van der Waals surface area contributed by atoms with Crippen molar-refractivity contribution in [3.8, 4) is 11.8 Å². The zero-order valence-corrected chi connectivity index (χ0v) is 15.4. The molecule has 0 aliphatic carbocycles. The van der Waals surface area contributed by atoms with Crippen LogP contribution in [0.25, 0.3) is 11.2 Å². The summed E-state index contributed by atoms with van der Waals surface area (Å²) in [6, 6.07) is 0. The summed E-state index contributed by atoms with van der Waals surface area (Å²) in [5.74, 6) is 9.99. The lowest BCUT2D eigenvalue weighted by molar-refractivity contribution is -0.197. The Morgan fingerprint density at radius 1 is 1.33 bits per heavy atom. The molecule has 2 aromatic rings. The van der Waals surface area contributed by atoms with Crippen molar-refractivity contribution in [2.75, 3.05) is 0 Å². The summed E-state index contributed by atoms with van der Waals surface area (Å²) in [5, 5.41) is 0. The maximum atomic E-state index is 12.2. The number of ether oxygens (including phenoxy) is 3. The van der Waals surface area contributed by atoms with Gasteiger partial charge in [-0.25, -0.2) is 20.8 Å². The van der Waals surface area contributed by atoms with Crippen LogP contribution in [0.1, 0.15) is 38.5 Å². The average molecular weight is 372 g/mol. The zero-order chi connectivity index (χ0) is 19.3. The van der Waals surface area contributed by atoms with Gasteiger partial charge in [0, 0.05) is 0 Å². The third-order valence-corrected chi connectivity index (χ3v) is 4.54. The Labute approximate surface area is 155 Å². The Morgan fingerprint density at radius 3 is 2.78 bits per heavy atom. The minimum Gasteiger partial charge on any atom is -0.341 e. The first kappa shape index (κ1) is 17.8. The number of hydrogen-bond acceptors (Lipinski definition) is 8. The van der Waals surface area contributed by atoms with Crippen LogP contribution >= 0.6 is 0 Å². The van der Waals surface area contributed by atoms with Crippen molar-refractivity contribution in [3.63, 3.8) is 0 Å². The number of aromatic nitrogens is 4. The molecule has 4 atom stereocenters. The first-order valence-corrected chi connectivity index (χ1v) is 8.50. The van der Waals surface area contributed by atoms with E-state index < -0.39 is 36.2 Å². The van der Waals surface area contributed by atoms with Gasteiger partial charge < -0.3 is 14.2 Å². The molecule has 10 heteroatoms. The van der Waals surface area contributed by atoms with Crippen molar-refractivity contribution >= 4 is 17.1 Å². The quantitative estimate of drug-likeness (QED) is 0.324. The number of hydrogen-bond donors (Lipinski definition) is 2. The van der Waals surface area contributed by atoms with Crippen LogP contribution in [0.5, 0.6) is 0 Å². The predicted octanol–water partition coefficient (Wildman–Crippen LogP) is -0.0865. The van der Waals surface area contributed by atoms with Gasteiger partial charge in [-0.15, -0.1) is 0 Å². The summed E-state index contributed by atoms with van der Waals surface area (Å²) < 4.78 is 19.6. The minimum atomic E-state index is -0.915. The summed E-state index contributed by atoms with van der Waals surface area (Å²) in [4.78, 5) is 25.4. The molecule has 3 N–H and O–H groups in total. The fourth-order valence-electron chi connectivity index (χ4n) is 3.51. The second kappa shape index (κ2) is 6.24. The average Bonchev–Trinajstić information content (AvgIpc) is 3.25. The van der Waals surface area contributed by atoms with Crippen LogP contribution < -0.4 is 11.3 Å². The number of nitrogens with zero attached hydrogens (tertiary/aromatic N) is 4. The van der Waals surface area contributed by atoms with Crippen LogP contribution in [-0.4, -0.2) is 49.5 Å². The normalized spacial score (nSPS) is 28.6. The smallest absolute Gasteiger partial charge is 0.265 e. The molecule has 2 saturated heterocycles. The largest absolute Gasteiger partial charge is 0.341 e. The first-order valence-electron chi connectivity index (χ1n) is 8.50. The highest BCUT2D eigenvalue weighted by Gasteiger charge is 2.58. The number of carbonyl (C=O) groups excluding carboxylic acids is 1. The third-order valence-electron chi connectivity index (χ3n) is 4.54. The van der Waals surface area contributed by atoms with E-state index in [0.717, 1.165) is 0 Å². The number of amides is 1. The molecular formula is C17H20N6O4. The number of nitrogens with two attached hydrogens (primary N) is 1. The van der Waals surface area contributed by atoms with E-state index in [9.17, 15) is 4.79 Å². The number of carbonyl (C=O) groups is 1. The van der Waals surface area contributed by atoms with Gasteiger partial charge in [0.1, 0.15) is 17.7 Å². The highest BCUT2D eigenvalue weighted by atomic mass is 16.8. The SMILES string of the molecule is CC#Cc1nc(C)c2ncn([C@@H]3O[C@H](C(=O)NN)[C@@H]4OC(C)(C)OC43)c2n1. The molecule has 142 valence electrons. The Hall–Kier alpha value is -2.58. The fraction of sp³-hybridized carbons (Fsp3) is 0.529. The van der Waals surface area contributed by atoms with Gasteiger partial charge in [-0.05, 0) is 33.6 Å². The molecule has 0 spiro atoms. The topological polar surface area (TPSA) is 126 Å². The second-order valence-electron chi connectivity index (χ2n) is 6.85. The number of imidazole rings is 1. The second-order valence-corrected chi connectivity index (χ2v) is 6.85. The van der Waals surface area contributed by atoms with Crippen molar-refractivity contribution in [2.24, 2.45) is 5.84 Å². The molecule has 2 fully saturated rings. The summed E-state index contributed by atoms with van der Waals surface area (Å²) in [6.45, 7) is 7.12. The van der Waals surface area contributed by atoms with Gasteiger partial charge in [0.05, 0.1) is 12.0 Å². The lowest BCUT2D eigenvalue weighted by Gasteiger charge is -2.24. The first-order chi connectivity index (χ1) is 12.8. The van der Waals surface area contributed by atoms with Crippen LogP contribution in [0.3, 0.4) is 0 Å². The Balaban J connectivity index is 1.80. The lowest BCUT2D eigenvalue weighted by atomic mass is 10.1. The standard InChI is InChI=1S/C17H20N6O4/c1-5-6-9-20-8(2)10-14(21-9)23(7-19-10)16-13-11(26-17(3,4)27-13)12(25-16)15(24)22-18/h7,11-13,16H,18H2,1-4H3,(H,22,24)/t11-,12-,13?,16+/m0/s1. The van der Waals surface area contributed by atoms with Crippen LogP contribution in [-0.2, 0) is 19.0 Å². The van der Waals surface area contributed by atoms with E-state index in [-0.39, 0.29) is 0 Å². The molecule has 2 aliphatic heterocycles. The summed E-state index contributed by atoms with van der Waals surface area (Å²) in [7, 11) is 0. The lowest BCUT2D eigenvalue weighted by Crippen LogP contribution is -2.45. The van der Waals surface area contributed by atoms with Crippen LogP contribution in [0.4, 0.5) is 0 Å². The van der Waals surface area contributed by atoms with Crippen molar-refractivity contribution < 1.29 is 19.0 Å². The van der Waals surface area contributed by atoms with Gasteiger partial charge in [-0.2, -0.15) is 0 Å². The van der Waals surface area contributed by atoms with E-state index in [0.29, 0.717) is 22.7 Å². The molecular weight excluding hydrogens is 352 g/mol. The molecule has 0 radical (unpaired) electrons. The minimum absolute atomic E-state index is 0.388. The number of fused-ring (bicyclic) bond motifs is 2. The molecule has 0 aromatic carbocycles. The third kappa shape index (κ3) is 2.85. The van der Waals surface area contributed by atoms with Gasteiger partial charge in [0.25, 0.3) is 5.91 Å². The van der Waals surface area contributed by atoms with Crippen LogP contribution in [0.15, 0.2) is 6.33 Å². The zero-order valence-electron chi connectivity index (χ0n) is 15.4. The highest BCUT2D eigenvalue weighted by Crippen LogP contribution is 2.43. The molecule has 0 bridgehead atoms. The van der Waals surface area contributed by atoms with Gasteiger partial charge in [0.2, 0.25) is 5.82 Å². The number of nitrogens with one attached hydrogen (secondary N) is 1. The highest BCUT2D eigenvalue weighted by molar-refractivity contribution is 5.81. The summed E-state index contributed by atoms with van der Waals surface area (Å²) in [6.07, 6.45) is -1.13. The molecule has 4 rings (SSSR count). The van der Waals surface area contributed by atoms with Crippen LogP contribution in [0, 0.1) is 18.8 Å².